The number of halogens is 2. The minimum atomic E-state index is -0.593. The second-order valence-corrected chi connectivity index (χ2v) is 10.9. The van der Waals surface area contributed by atoms with Gasteiger partial charge in [0.05, 0.1) is 18.7 Å². The van der Waals surface area contributed by atoms with E-state index < -0.39 is 16.5 Å². The molecule has 2 aromatic carbocycles. The van der Waals surface area contributed by atoms with Crippen molar-refractivity contribution in [1.29, 1.82) is 0 Å². The topological polar surface area (TPSA) is 74.3 Å². The first-order chi connectivity index (χ1) is 17.2. The van der Waals surface area contributed by atoms with Gasteiger partial charge in [0.15, 0.2) is 6.10 Å². The number of nitrogens with zero attached hydrogens (tertiary/aromatic N) is 1. The Bertz CT molecular complexity index is 1020. The van der Waals surface area contributed by atoms with Crippen LogP contribution in [0.4, 0.5) is 4.79 Å². The van der Waals surface area contributed by atoms with Gasteiger partial charge in [-0.15, -0.1) is 0 Å². The van der Waals surface area contributed by atoms with Gasteiger partial charge in [-0.3, -0.25) is 9.69 Å². The zero-order valence-electron chi connectivity index (χ0n) is 20.9. The average Bonchev–Trinajstić information content (AvgIpc) is 3.24. The van der Waals surface area contributed by atoms with E-state index >= 15 is 0 Å². The highest BCUT2D eigenvalue weighted by atomic mass is 79.9. The number of carbonyl (C=O) groups is 2. The molecule has 2 unspecified atom stereocenters. The number of ether oxygens (including phenoxy) is 4. The Morgan fingerprint density at radius 2 is 1.94 bits per heavy atom. The molecule has 1 aliphatic rings. The second-order valence-electron chi connectivity index (χ2n) is 9.32. The molecule has 3 rings (SSSR count). The van der Waals surface area contributed by atoms with Crippen LogP contribution >= 0.6 is 27.5 Å². The lowest BCUT2D eigenvalue weighted by molar-refractivity contribution is -0.142. The molecule has 0 aliphatic carbocycles. The maximum Gasteiger partial charge on any atom is 0.410 e. The Morgan fingerprint density at radius 3 is 2.64 bits per heavy atom. The molecule has 36 heavy (non-hydrogen) atoms. The maximum atomic E-state index is 12.5. The molecule has 0 N–H and O–H groups in total. The van der Waals surface area contributed by atoms with Crippen LogP contribution in [0.2, 0.25) is 5.02 Å². The van der Waals surface area contributed by atoms with Crippen molar-refractivity contribution in [3.8, 4) is 11.5 Å². The molecule has 2 atom stereocenters. The molecule has 0 bridgehead atoms. The molecule has 0 spiro atoms. The third-order valence-electron chi connectivity index (χ3n) is 5.77. The summed E-state index contributed by atoms with van der Waals surface area (Å²) in [6.07, 6.45) is 1.58. The van der Waals surface area contributed by atoms with Gasteiger partial charge in [-0.25, -0.2) is 4.79 Å². The lowest BCUT2D eigenvalue weighted by Gasteiger charge is -2.33. The highest BCUT2D eigenvalue weighted by Gasteiger charge is 2.41. The van der Waals surface area contributed by atoms with Crippen LogP contribution < -0.4 is 9.47 Å². The van der Waals surface area contributed by atoms with E-state index in [0.717, 1.165) is 18.4 Å². The van der Waals surface area contributed by atoms with E-state index in [0.29, 0.717) is 36.1 Å². The van der Waals surface area contributed by atoms with Crippen LogP contribution in [0, 0.1) is 0 Å². The predicted molar refractivity (Wildman–Crippen MR) is 142 cm³/mol. The number of unbranched alkanes of at least 4 members (excludes halogenated alkanes) is 1. The Labute approximate surface area is 226 Å². The molecular formula is C27H33BrClNO6. The number of alkyl halides is 1. The fourth-order valence-corrected chi connectivity index (χ4v) is 4.29. The number of amides is 1. The van der Waals surface area contributed by atoms with Gasteiger partial charge in [-0.1, -0.05) is 59.1 Å². The minimum Gasteiger partial charge on any atom is -0.491 e. The van der Waals surface area contributed by atoms with Crippen molar-refractivity contribution in [2.45, 2.75) is 56.5 Å². The van der Waals surface area contributed by atoms with E-state index in [-0.39, 0.29) is 25.3 Å². The molecular weight excluding hydrogens is 550 g/mol. The molecule has 0 radical (unpaired) electrons. The monoisotopic (exact) mass is 581 g/mol. The van der Waals surface area contributed by atoms with Crippen molar-refractivity contribution >= 4 is 39.6 Å². The van der Waals surface area contributed by atoms with Crippen molar-refractivity contribution in [2.24, 2.45) is 0 Å². The van der Waals surface area contributed by atoms with Gasteiger partial charge in [-0.05, 0) is 62.6 Å². The van der Waals surface area contributed by atoms with Gasteiger partial charge >= 0.3 is 12.1 Å². The van der Waals surface area contributed by atoms with Crippen molar-refractivity contribution in [2.75, 3.05) is 26.4 Å². The van der Waals surface area contributed by atoms with E-state index in [1.165, 1.54) is 0 Å². The van der Waals surface area contributed by atoms with E-state index in [4.69, 9.17) is 30.5 Å². The van der Waals surface area contributed by atoms with E-state index in [1.54, 1.807) is 29.2 Å². The molecule has 0 aromatic heterocycles. The summed E-state index contributed by atoms with van der Waals surface area (Å²) in [4.78, 5) is 25.8. The van der Waals surface area contributed by atoms with Gasteiger partial charge in [0.2, 0.25) is 0 Å². The quantitative estimate of drug-likeness (QED) is 0.163. The van der Waals surface area contributed by atoms with E-state index in [1.807, 2.05) is 38.1 Å². The maximum absolute atomic E-state index is 12.5. The van der Waals surface area contributed by atoms with Crippen molar-refractivity contribution in [1.82, 2.24) is 4.90 Å². The van der Waals surface area contributed by atoms with Gasteiger partial charge < -0.3 is 18.9 Å². The normalized spacial score (nSPS) is 16.4. The molecule has 1 amide bonds. The SMILES string of the molecule is CCCCOC(=O)C(Br)Cc1ccc(OCC(C)(C)N2CC(COc3cccc(Cl)c3)OC2=O)cc1. The highest BCUT2D eigenvalue weighted by Crippen LogP contribution is 2.26. The Morgan fingerprint density at radius 1 is 1.19 bits per heavy atom. The summed E-state index contributed by atoms with van der Waals surface area (Å²) >= 11 is 9.40. The van der Waals surface area contributed by atoms with Crippen LogP contribution in [0.15, 0.2) is 48.5 Å². The molecule has 1 heterocycles. The summed E-state index contributed by atoms with van der Waals surface area (Å²) in [7, 11) is 0. The van der Waals surface area contributed by atoms with Crippen LogP contribution in [0.3, 0.4) is 0 Å². The summed E-state index contributed by atoms with van der Waals surface area (Å²) < 4.78 is 22.5. The number of hydrogen-bond acceptors (Lipinski definition) is 6. The molecule has 0 saturated carbocycles. The van der Waals surface area contributed by atoms with Gasteiger partial charge in [-0.2, -0.15) is 0 Å². The summed E-state index contributed by atoms with van der Waals surface area (Å²) in [5.41, 5.74) is 0.394. The fourth-order valence-electron chi connectivity index (χ4n) is 3.61. The first-order valence-electron chi connectivity index (χ1n) is 12.1. The number of rotatable bonds is 13. The summed E-state index contributed by atoms with van der Waals surface area (Å²) in [6.45, 7) is 7.29. The number of benzene rings is 2. The Balaban J connectivity index is 1.46. The number of carbonyl (C=O) groups excluding carboxylic acids is 2. The van der Waals surface area contributed by atoms with Gasteiger partial charge in [0.1, 0.15) is 29.5 Å². The van der Waals surface area contributed by atoms with Crippen molar-refractivity contribution < 1.29 is 28.5 Å². The smallest absolute Gasteiger partial charge is 0.410 e. The number of hydrogen-bond donors (Lipinski definition) is 0. The largest absolute Gasteiger partial charge is 0.491 e. The number of esters is 1. The summed E-state index contributed by atoms with van der Waals surface area (Å²) in [5, 5.41) is 0.584. The van der Waals surface area contributed by atoms with Crippen LogP contribution in [0.1, 0.15) is 39.2 Å². The third kappa shape index (κ3) is 8.30. The highest BCUT2D eigenvalue weighted by molar-refractivity contribution is 9.10. The zero-order chi connectivity index (χ0) is 26.1. The molecule has 1 aliphatic heterocycles. The molecule has 196 valence electrons. The molecule has 1 fully saturated rings. The van der Waals surface area contributed by atoms with Crippen LogP contribution in [-0.2, 0) is 20.7 Å². The third-order valence-corrected chi connectivity index (χ3v) is 6.70. The number of cyclic esters (lactones) is 1. The lowest BCUT2D eigenvalue weighted by atomic mass is 10.0. The Hall–Kier alpha value is -2.45. The standard InChI is InChI=1S/C27H33BrClNO6/c1-4-5-13-33-25(31)24(28)14-19-9-11-21(12-10-19)35-18-27(2,3)30-16-23(36-26(30)32)17-34-22-8-6-7-20(29)15-22/h6-12,15,23-24H,4-5,13-14,16-18H2,1-3H3. The van der Waals surface area contributed by atoms with E-state index in [9.17, 15) is 9.59 Å². The van der Waals surface area contributed by atoms with E-state index in [2.05, 4.69) is 22.9 Å². The Kier molecular flexibility index (Phi) is 10.3. The van der Waals surface area contributed by atoms with Gasteiger partial charge in [0.25, 0.3) is 0 Å². The molecule has 9 heteroatoms. The average molecular weight is 583 g/mol. The predicted octanol–water partition coefficient (Wildman–Crippen LogP) is 6.05. The summed E-state index contributed by atoms with van der Waals surface area (Å²) in [5.74, 6) is 1.05. The van der Waals surface area contributed by atoms with Crippen LogP contribution in [0.25, 0.3) is 0 Å². The molecule has 7 nitrogen and oxygen atoms in total. The lowest BCUT2D eigenvalue weighted by Crippen LogP contribution is -2.49. The zero-order valence-corrected chi connectivity index (χ0v) is 23.2. The molecule has 1 saturated heterocycles. The minimum absolute atomic E-state index is 0.238. The first-order valence-corrected chi connectivity index (χ1v) is 13.4. The van der Waals surface area contributed by atoms with Crippen molar-refractivity contribution in [3.63, 3.8) is 0 Å². The van der Waals surface area contributed by atoms with Crippen LogP contribution in [-0.4, -0.2) is 59.8 Å². The molecule has 2 aromatic rings. The van der Waals surface area contributed by atoms with Gasteiger partial charge in [0, 0.05) is 5.02 Å². The van der Waals surface area contributed by atoms with Crippen molar-refractivity contribution in [3.05, 3.63) is 59.1 Å². The second kappa shape index (κ2) is 13.2. The van der Waals surface area contributed by atoms with Crippen LogP contribution in [0.5, 0.6) is 11.5 Å². The summed E-state index contributed by atoms with van der Waals surface area (Å²) in [6, 6.07) is 14.7. The fraction of sp³-hybridized carbons (Fsp3) is 0.481. The first kappa shape index (κ1) is 28.1.